The molecule has 0 aliphatic rings. The molecule has 1 N–H and O–H groups in total. The van der Waals surface area contributed by atoms with E-state index >= 15 is 0 Å². The lowest BCUT2D eigenvalue weighted by molar-refractivity contribution is 0.296. The van der Waals surface area contributed by atoms with Crippen molar-refractivity contribution in [2.24, 2.45) is 0 Å². The zero-order valence-electron chi connectivity index (χ0n) is 7.21. The summed E-state index contributed by atoms with van der Waals surface area (Å²) in [5.41, 5.74) is 0. The number of hydrogen-bond donors (Lipinski definition) is 1. The standard InChI is InChI=1S/C8H18OS2/c1-2-3-4-7-10-11-8-5-6-9/h9H,2-8H2,1H3. The first kappa shape index (κ1) is 11.7. The van der Waals surface area contributed by atoms with Gasteiger partial charge < -0.3 is 5.11 Å². The first-order valence-electron chi connectivity index (χ1n) is 4.27. The van der Waals surface area contributed by atoms with Crippen LogP contribution in [0.5, 0.6) is 0 Å². The Morgan fingerprint density at radius 3 is 2.18 bits per heavy atom. The molecule has 0 aromatic rings. The SMILES string of the molecule is CCCCCSSCCCO. The van der Waals surface area contributed by atoms with Gasteiger partial charge in [-0.05, 0) is 12.8 Å². The van der Waals surface area contributed by atoms with Gasteiger partial charge in [-0.1, -0.05) is 41.4 Å². The molecule has 0 atom stereocenters. The van der Waals surface area contributed by atoms with Crippen molar-refractivity contribution >= 4 is 21.6 Å². The molecule has 3 heteroatoms. The Labute approximate surface area is 77.7 Å². The molecule has 0 saturated heterocycles. The fourth-order valence-corrected chi connectivity index (χ4v) is 2.87. The fourth-order valence-electron chi connectivity index (χ4n) is 0.652. The van der Waals surface area contributed by atoms with Gasteiger partial charge in [0.1, 0.15) is 0 Å². The number of aliphatic hydroxyl groups excluding tert-OH is 1. The summed E-state index contributed by atoms with van der Waals surface area (Å²) in [6.07, 6.45) is 4.94. The van der Waals surface area contributed by atoms with Gasteiger partial charge in [-0.25, -0.2) is 0 Å². The third kappa shape index (κ3) is 10.7. The first-order chi connectivity index (χ1) is 5.41. The molecule has 11 heavy (non-hydrogen) atoms. The Balaban J connectivity index is 2.69. The summed E-state index contributed by atoms with van der Waals surface area (Å²) in [6, 6.07) is 0. The van der Waals surface area contributed by atoms with Crippen LogP contribution in [0.3, 0.4) is 0 Å². The third-order valence-corrected chi connectivity index (χ3v) is 3.88. The molecule has 0 saturated carbocycles. The molecule has 0 fully saturated rings. The van der Waals surface area contributed by atoms with Gasteiger partial charge in [0, 0.05) is 18.1 Å². The van der Waals surface area contributed by atoms with E-state index < -0.39 is 0 Å². The normalized spacial score (nSPS) is 10.4. The van der Waals surface area contributed by atoms with Crippen molar-refractivity contribution in [1.82, 2.24) is 0 Å². The van der Waals surface area contributed by atoms with Crippen LogP contribution in [-0.4, -0.2) is 23.2 Å². The van der Waals surface area contributed by atoms with E-state index in [4.69, 9.17) is 5.11 Å². The summed E-state index contributed by atoms with van der Waals surface area (Å²) < 4.78 is 0. The van der Waals surface area contributed by atoms with Crippen LogP contribution in [0, 0.1) is 0 Å². The predicted octanol–water partition coefficient (Wildman–Crippen LogP) is 2.94. The summed E-state index contributed by atoms with van der Waals surface area (Å²) in [4.78, 5) is 0. The lowest BCUT2D eigenvalue weighted by Gasteiger charge is -1.98. The van der Waals surface area contributed by atoms with Crippen molar-refractivity contribution in [3.8, 4) is 0 Å². The molecule has 0 aliphatic heterocycles. The number of hydrogen-bond acceptors (Lipinski definition) is 3. The van der Waals surface area contributed by atoms with E-state index in [2.05, 4.69) is 6.92 Å². The average Bonchev–Trinajstić information content (AvgIpc) is 2.03. The molecule has 0 spiro atoms. The maximum Gasteiger partial charge on any atom is 0.0439 e. The van der Waals surface area contributed by atoms with Crippen LogP contribution >= 0.6 is 21.6 Å². The molecule has 0 bridgehead atoms. The molecule has 0 aromatic heterocycles. The highest BCUT2D eigenvalue weighted by Gasteiger charge is 1.89. The van der Waals surface area contributed by atoms with E-state index in [0.29, 0.717) is 6.61 Å². The lowest BCUT2D eigenvalue weighted by Crippen LogP contribution is -1.83. The average molecular weight is 194 g/mol. The predicted molar refractivity (Wildman–Crippen MR) is 56.1 cm³/mol. The second kappa shape index (κ2) is 10.7. The quantitative estimate of drug-likeness (QED) is 0.474. The van der Waals surface area contributed by atoms with E-state index in [1.807, 2.05) is 21.6 Å². The van der Waals surface area contributed by atoms with Crippen LogP contribution in [0.15, 0.2) is 0 Å². The summed E-state index contributed by atoms with van der Waals surface area (Å²) in [7, 11) is 3.82. The fraction of sp³-hybridized carbons (Fsp3) is 1.00. The Hall–Kier alpha value is 0.660. The maximum atomic E-state index is 8.48. The largest absolute Gasteiger partial charge is 0.396 e. The molecule has 0 radical (unpaired) electrons. The highest BCUT2D eigenvalue weighted by molar-refractivity contribution is 8.76. The summed E-state index contributed by atoms with van der Waals surface area (Å²) in [5, 5.41) is 8.48. The third-order valence-electron chi connectivity index (χ3n) is 1.30. The second-order valence-corrected chi connectivity index (χ2v) is 5.13. The molecule has 0 heterocycles. The van der Waals surface area contributed by atoms with Gasteiger partial charge in [-0.2, -0.15) is 0 Å². The molecule has 0 unspecified atom stereocenters. The molecule has 0 amide bonds. The van der Waals surface area contributed by atoms with Crippen molar-refractivity contribution in [2.45, 2.75) is 32.6 Å². The van der Waals surface area contributed by atoms with Crippen LogP contribution < -0.4 is 0 Å². The molecular weight excluding hydrogens is 176 g/mol. The molecular formula is C8H18OS2. The molecule has 1 nitrogen and oxygen atoms in total. The van der Waals surface area contributed by atoms with Crippen molar-refractivity contribution in [1.29, 1.82) is 0 Å². The minimum absolute atomic E-state index is 0.336. The van der Waals surface area contributed by atoms with Crippen LogP contribution in [0.1, 0.15) is 32.6 Å². The van der Waals surface area contributed by atoms with E-state index in [-0.39, 0.29) is 0 Å². The Kier molecular flexibility index (Phi) is 11.3. The topological polar surface area (TPSA) is 20.2 Å². The first-order valence-corrected chi connectivity index (χ1v) is 6.76. The van der Waals surface area contributed by atoms with E-state index in [9.17, 15) is 0 Å². The number of unbranched alkanes of at least 4 members (excludes halogenated alkanes) is 2. The highest BCUT2D eigenvalue weighted by Crippen LogP contribution is 2.23. The second-order valence-electron chi connectivity index (χ2n) is 2.43. The smallest absolute Gasteiger partial charge is 0.0439 e. The van der Waals surface area contributed by atoms with Gasteiger partial charge in [0.05, 0.1) is 0 Å². The van der Waals surface area contributed by atoms with Gasteiger partial charge in [0.2, 0.25) is 0 Å². The lowest BCUT2D eigenvalue weighted by atomic mass is 10.3. The highest BCUT2D eigenvalue weighted by atomic mass is 33.1. The van der Waals surface area contributed by atoms with Crippen LogP contribution in [0.2, 0.25) is 0 Å². The van der Waals surface area contributed by atoms with E-state index in [1.54, 1.807) is 0 Å². The van der Waals surface area contributed by atoms with Gasteiger partial charge in [-0.3, -0.25) is 0 Å². The van der Waals surface area contributed by atoms with E-state index in [1.165, 1.54) is 25.0 Å². The summed E-state index contributed by atoms with van der Waals surface area (Å²) in [6.45, 7) is 2.56. The van der Waals surface area contributed by atoms with Crippen LogP contribution in [-0.2, 0) is 0 Å². The van der Waals surface area contributed by atoms with Crippen LogP contribution in [0.4, 0.5) is 0 Å². The summed E-state index contributed by atoms with van der Waals surface area (Å²) >= 11 is 0. The van der Waals surface area contributed by atoms with Crippen molar-refractivity contribution in [3.63, 3.8) is 0 Å². The molecule has 68 valence electrons. The molecule has 0 aromatic carbocycles. The monoisotopic (exact) mass is 194 g/mol. The minimum atomic E-state index is 0.336. The Morgan fingerprint density at radius 1 is 1.00 bits per heavy atom. The Bertz CT molecular complexity index is 61.1. The van der Waals surface area contributed by atoms with Crippen molar-refractivity contribution < 1.29 is 5.11 Å². The maximum absolute atomic E-state index is 8.48. The van der Waals surface area contributed by atoms with Gasteiger partial charge in [0.15, 0.2) is 0 Å². The van der Waals surface area contributed by atoms with Gasteiger partial charge >= 0.3 is 0 Å². The molecule has 0 rings (SSSR count). The molecule has 0 aliphatic carbocycles. The van der Waals surface area contributed by atoms with Gasteiger partial charge in [-0.15, -0.1) is 0 Å². The Morgan fingerprint density at radius 2 is 1.64 bits per heavy atom. The zero-order chi connectivity index (χ0) is 8.36. The summed E-state index contributed by atoms with van der Waals surface area (Å²) in [5.74, 6) is 2.36. The van der Waals surface area contributed by atoms with E-state index in [0.717, 1.165) is 12.2 Å². The zero-order valence-corrected chi connectivity index (χ0v) is 8.85. The van der Waals surface area contributed by atoms with Crippen molar-refractivity contribution in [3.05, 3.63) is 0 Å². The van der Waals surface area contributed by atoms with Gasteiger partial charge in [0.25, 0.3) is 0 Å². The minimum Gasteiger partial charge on any atom is -0.396 e. The van der Waals surface area contributed by atoms with Crippen molar-refractivity contribution in [2.75, 3.05) is 18.1 Å². The number of aliphatic hydroxyl groups is 1. The van der Waals surface area contributed by atoms with Crippen LogP contribution in [0.25, 0.3) is 0 Å². The number of rotatable bonds is 8.